The van der Waals surface area contributed by atoms with Crippen LogP contribution in [-0.4, -0.2) is 33.6 Å². The van der Waals surface area contributed by atoms with Crippen molar-refractivity contribution in [3.8, 4) is 6.07 Å². The monoisotopic (exact) mass is 334 g/mol. The van der Waals surface area contributed by atoms with Gasteiger partial charge < -0.3 is 19.5 Å². The summed E-state index contributed by atoms with van der Waals surface area (Å²) in [6.45, 7) is 3.58. The van der Waals surface area contributed by atoms with Crippen molar-refractivity contribution < 1.29 is 14.9 Å². The van der Waals surface area contributed by atoms with Gasteiger partial charge >= 0.3 is 0 Å². The molecule has 5 heteroatoms. The number of ether oxygens (including phenoxy) is 1. The van der Waals surface area contributed by atoms with Crippen molar-refractivity contribution in [2.24, 2.45) is 0 Å². The van der Waals surface area contributed by atoms with Crippen molar-refractivity contribution in [3.63, 3.8) is 0 Å². The number of aliphatic hydroxyl groups is 2. The van der Waals surface area contributed by atoms with Crippen molar-refractivity contribution in [1.29, 1.82) is 5.26 Å². The van der Waals surface area contributed by atoms with Gasteiger partial charge in [0.05, 0.1) is 35.4 Å². The van der Waals surface area contributed by atoms with E-state index in [-0.39, 0.29) is 12.8 Å². The summed E-state index contributed by atoms with van der Waals surface area (Å²) >= 11 is 0. The third-order valence-corrected chi connectivity index (χ3v) is 4.87. The molecule has 25 heavy (non-hydrogen) atoms. The van der Waals surface area contributed by atoms with Crippen molar-refractivity contribution in [1.82, 2.24) is 4.57 Å². The van der Waals surface area contributed by atoms with Crippen LogP contribution in [0.1, 0.15) is 18.2 Å². The number of nitriles is 1. The molecule has 126 valence electrons. The van der Waals surface area contributed by atoms with Gasteiger partial charge in [-0.2, -0.15) is 5.26 Å². The molecule has 2 heterocycles. The Labute approximate surface area is 145 Å². The molecule has 1 aliphatic rings. The number of aromatic nitrogens is 1. The number of hydrogen-bond acceptors (Lipinski definition) is 4. The fraction of sp³-hybridized carbons (Fsp3) is 0.250. The SMILES string of the molecule is C=C(C#N)c1ccc2c(c1)c1ccccc1n2C1C[C@H](O)[C@@H](CO)O1. The maximum absolute atomic E-state index is 10.1. The molecule has 0 amide bonds. The van der Waals surface area contributed by atoms with E-state index in [0.717, 1.165) is 27.4 Å². The molecule has 0 bridgehead atoms. The topological polar surface area (TPSA) is 78.4 Å². The zero-order chi connectivity index (χ0) is 17.6. The van der Waals surface area contributed by atoms with Crippen molar-refractivity contribution in [2.45, 2.75) is 24.9 Å². The highest BCUT2D eigenvalue weighted by Gasteiger charge is 2.35. The molecule has 1 aromatic heterocycles. The van der Waals surface area contributed by atoms with Crippen LogP contribution in [-0.2, 0) is 4.74 Å². The van der Waals surface area contributed by atoms with Crippen LogP contribution in [0.15, 0.2) is 49.0 Å². The zero-order valence-electron chi connectivity index (χ0n) is 13.6. The van der Waals surface area contributed by atoms with Crippen LogP contribution < -0.4 is 0 Å². The molecular formula is C20H18N2O3. The summed E-state index contributed by atoms with van der Waals surface area (Å²) in [4.78, 5) is 0. The molecule has 0 spiro atoms. The summed E-state index contributed by atoms with van der Waals surface area (Å²) in [5.41, 5.74) is 3.17. The lowest BCUT2D eigenvalue weighted by Gasteiger charge is -2.16. The normalized spacial score (nSPS) is 23.2. The first-order chi connectivity index (χ1) is 12.1. The molecule has 2 N–H and O–H groups in total. The molecule has 3 aromatic rings. The quantitative estimate of drug-likeness (QED) is 0.722. The van der Waals surface area contributed by atoms with Crippen LogP contribution in [0.4, 0.5) is 0 Å². The molecule has 0 saturated carbocycles. The van der Waals surface area contributed by atoms with E-state index < -0.39 is 12.2 Å². The van der Waals surface area contributed by atoms with Gasteiger partial charge in [0, 0.05) is 17.2 Å². The number of fused-ring (bicyclic) bond motifs is 3. The average molecular weight is 334 g/mol. The minimum Gasteiger partial charge on any atom is -0.394 e. The van der Waals surface area contributed by atoms with Crippen LogP contribution in [0.25, 0.3) is 27.4 Å². The molecule has 1 fully saturated rings. The van der Waals surface area contributed by atoms with Gasteiger partial charge in [0.25, 0.3) is 0 Å². The summed E-state index contributed by atoms with van der Waals surface area (Å²) in [6, 6.07) is 15.9. The fourth-order valence-electron chi connectivity index (χ4n) is 3.60. The number of nitrogens with zero attached hydrogens (tertiary/aromatic N) is 2. The molecular weight excluding hydrogens is 316 g/mol. The first-order valence-corrected chi connectivity index (χ1v) is 8.20. The summed E-state index contributed by atoms with van der Waals surface area (Å²) < 4.78 is 7.93. The fourth-order valence-corrected chi connectivity index (χ4v) is 3.60. The van der Waals surface area contributed by atoms with E-state index in [0.29, 0.717) is 12.0 Å². The van der Waals surface area contributed by atoms with Gasteiger partial charge in [0.2, 0.25) is 0 Å². The Hall–Kier alpha value is -2.65. The number of allylic oxidation sites excluding steroid dienone is 1. The number of para-hydroxylation sites is 1. The standard InChI is InChI=1S/C20H18N2O3/c1-12(10-21)13-6-7-17-15(8-13)14-4-2-3-5-16(14)22(17)20-9-18(24)19(11-23)25-20/h2-8,18-20,23-24H,1,9,11H2/t18-,19+,20?/m0/s1. The predicted octanol–water partition coefficient (Wildman–Crippen LogP) is 2.97. The Balaban J connectivity index is 1.94. The highest BCUT2D eigenvalue weighted by Crippen LogP contribution is 2.38. The lowest BCUT2D eigenvalue weighted by molar-refractivity contribution is -0.0416. The number of benzene rings is 2. The molecule has 1 saturated heterocycles. The summed E-state index contributed by atoms with van der Waals surface area (Å²) in [6.07, 6.45) is -1.19. The second-order valence-electron chi connectivity index (χ2n) is 6.32. The maximum Gasteiger partial charge on any atom is 0.137 e. The Morgan fingerprint density at radius 3 is 2.72 bits per heavy atom. The lowest BCUT2D eigenvalue weighted by atomic mass is 10.0. The van der Waals surface area contributed by atoms with Gasteiger partial charge in [-0.15, -0.1) is 0 Å². The highest BCUT2D eigenvalue weighted by molar-refractivity contribution is 6.09. The van der Waals surface area contributed by atoms with Crippen LogP contribution in [0, 0.1) is 11.3 Å². The van der Waals surface area contributed by atoms with E-state index in [2.05, 4.69) is 17.2 Å². The van der Waals surface area contributed by atoms with Crippen LogP contribution >= 0.6 is 0 Å². The van der Waals surface area contributed by atoms with Gasteiger partial charge in [0.15, 0.2) is 0 Å². The third kappa shape index (κ3) is 2.43. The Morgan fingerprint density at radius 2 is 2.00 bits per heavy atom. The summed E-state index contributed by atoms with van der Waals surface area (Å²) in [7, 11) is 0. The third-order valence-electron chi connectivity index (χ3n) is 4.87. The van der Waals surface area contributed by atoms with Gasteiger partial charge in [-0.1, -0.05) is 30.8 Å². The Kier molecular flexibility index (Phi) is 3.81. The Morgan fingerprint density at radius 1 is 1.24 bits per heavy atom. The van der Waals surface area contributed by atoms with E-state index in [1.54, 1.807) is 0 Å². The molecule has 2 aromatic carbocycles. The second kappa shape index (κ2) is 6.01. The number of aliphatic hydroxyl groups excluding tert-OH is 2. The maximum atomic E-state index is 10.1. The minimum absolute atomic E-state index is 0.207. The van der Waals surface area contributed by atoms with Gasteiger partial charge in [-0.25, -0.2) is 0 Å². The number of hydrogen-bond donors (Lipinski definition) is 2. The molecule has 0 radical (unpaired) electrons. The van der Waals surface area contributed by atoms with Gasteiger partial charge in [-0.05, 0) is 23.8 Å². The lowest BCUT2D eigenvalue weighted by Crippen LogP contribution is -2.24. The van der Waals surface area contributed by atoms with E-state index in [4.69, 9.17) is 10.00 Å². The smallest absolute Gasteiger partial charge is 0.137 e. The van der Waals surface area contributed by atoms with E-state index >= 15 is 0 Å². The van der Waals surface area contributed by atoms with Crippen LogP contribution in [0.3, 0.4) is 0 Å². The minimum atomic E-state index is -0.691. The summed E-state index contributed by atoms with van der Waals surface area (Å²) in [5, 5.41) is 30.6. The molecule has 3 atom stereocenters. The first kappa shape index (κ1) is 15.9. The summed E-state index contributed by atoms with van der Waals surface area (Å²) in [5.74, 6) is 0. The van der Waals surface area contributed by atoms with Gasteiger partial charge in [-0.3, -0.25) is 0 Å². The van der Waals surface area contributed by atoms with Crippen LogP contribution in [0.5, 0.6) is 0 Å². The highest BCUT2D eigenvalue weighted by atomic mass is 16.5. The molecule has 1 aliphatic heterocycles. The molecule has 0 aliphatic carbocycles. The molecule has 4 rings (SSSR count). The van der Waals surface area contributed by atoms with E-state index in [9.17, 15) is 10.2 Å². The van der Waals surface area contributed by atoms with E-state index in [1.807, 2.05) is 42.5 Å². The van der Waals surface area contributed by atoms with E-state index in [1.165, 1.54) is 0 Å². The first-order valence-electron chi connectivity index (χ1n) is 8.20. The predicted molar refractivity (Wildman–Crippen MR) is 95.7 cm³/mol. The number of rotatable bonds is 3. The van der Waals surface area contributed by atoms with Crippen molar-refractivity contribution in [2.75, 3.05) is 6.61 Å². The molecule has 1 unspecified atom stereocenters. The van der Waals surface area contributed by atoms with Crippen molar-refractivity contribution in [3.05, 3.63) is 54.6 Å². The largest absolute Gasteiger partial charge is 0.394 e. The Bertz CT molecular complexity index is 1010. The zero-order valence-corrected chi connectivity index (χ0v) is 13.6. The van der Waals surface area contributed by atoms with Crippen LogP contribution in [0.2, 0.25) is 0 Å². The second-order valence-corrected chi connectivity index (χ2v) is 6.32. The van der Waals surface area contributed by atoms with Crippen molar-refractivity contribution >= 4 is 27.4 Å². The molecule has 5 nitrogen and oxygen atoms in total. The average Bonchev–Trinajstić information content (AvgIpc) is 3.17. The van der Waals surface area contributed by atoms with Gasteiger partial charge in [0.1, 0.15) is 12.3 Å².